The summed E-state index contributed by atoms with van der Waals surface area (Å²) in [7, 11) is 3.68. The number of carbonyl (C=O) groups excluding carboxylic acids is 1. The van der Waals surface area contributed by atoms with Crippen LogP contribution in [0.4, 0.5) is 0 Å². The third-order valence-electron chi connectivity index (χ3n) is 3.17. The molecule has 1 N–H and O–H groups in total. The predicted octanol–water partition coefficient (Wildman–Crippen LogP) is 0.650. The van der Waals surface area contributed by atoms with Crippen LogP contribution in [0.2, 0.25) is 0 Å². The first kappa shape index (κ1) is 14.0. The van der Waals surface area contributed by atoms with Crippen molar-refractivity contribution in [3.05, 3.63) is 0 Å². The lowest BCUT2D eigenvalue weighted by Crippen LogP contribution is -2.43. The van der Waals surface area contributed by atoms with Crippen LogP contribution in [0.15, 0.2) is 0 Å². The van der Waals surface area contributed by atoms with Crippen molar-refractivity contribution in [3.63, 3.8) is 0 Å². The van der Waals surface area contributed by atoms with E-state index in [9.17, 15) is 9.59 Å². The van der Waals surface area contributed by atoms with Crippen molar-refractivity contribution in [2.45, 2.75) is 32.7 Å². The number of likely N-dealkylation sites (N-methyl/N-ethyl adjacent to an activating group) is 2. The van der Waals surface area contributed by atoms with Gasteiger partial charge in [-0.05, 0) is 18.9 Å². The molecule has 1 aliphatic heterocycles. The Bertz CT molecular complexity index is 315. The van der Waals surface area contributed by atoms with E-state index in [1.165, 1.54) is 0 Å². The van der Waals surface area contributed by atoms with Crippen molar-refractivity contribution in [1.29, 1.82) is 0 Å². The molecular formula is C12H22N2O3. The molecule has 1 fully saturated rings. The summed E-state index contributed by atoms with van der Waals surface area (Å²) in [6.45, 7) is 5.74. The molecule has 1 rings (SSSR count). The molecule has 17 heavy (non-hydrogen) atoms. The van der Waals surface area contributed by atoms with Crippen LogP contribution in [0.25, 0.3) is 0 Å². The van der Waals surface area contributed by atoms with E-state index in [1.807, 2.05) is 11.9 Å². The molecule has 0 aliphatic carbocycles. The van der Waals surface area contributed by atoms with E-state index in [0.717, 1.165) is 6.54 Å². The Labute approximate surface area is 102 Å². The fourth-order valence-electron chi connectivity index (χ4n) is 2.60. The molecule has 5 heteroatoms. The second kappa shape index (κ2) is 5.04. The first-order valence-corrected chi connectivity index (χ1v) is 5.90. The standard InChI is InChI=1S/C12H22N2O3/c1-12(2)7-13(3)9(5-6-10(15)16)11(17)14(4)8-12/h9H,5-8H2,1-4H3,(H,15,16). The lowest BCUT2D eigenvalue weighted by molar-refractivity contribution is -0.138. The number of amides is 1. The molecule has 0 aromatic carbocycles. The van der Waals surface area contributed by atoms with Crippen molar-refractivity contribution in [1.82, 2.24) is 9.80 Å². The van der Waals surface area contributed by atoms with E-state index in [1.54, 1.807) is 11.9 Å². The highest BCUT2D eigenvalue weighted by Gasteiger charge is 2.36. The molecule has 0 bridgehead atoms. The SMILES string of the molecule is CN1CC(C)(C)CN(C)C(CCC(=O)O)C1=O. The van der Waals surface area contributed by atoms with E-state index in [2.05, 4.69) is 13.8 Å². The van der Waals surface area contributed by atoms with Crippen LogP contribution in [-0.2, 0) is 9.59 Å². The summed E-state index contributed by atoms with van der Waals surface area (Å²) in [5.41, 5.74) is 0.0388. The topological polar surface area (TPSA) is 60.9 Å². The number of carboxylic acid groups (broad SMARTS) is 1. The third-order valence-corrected chi connectivity index (χ3v) is 3.17. The zero-order valence-corrected chi connectivity index (χ0v) is 11.1. The molecule has 1 saturated heterocycles. The maximum Gasteiger partial charge on any atom is 0.303 e. The van der Waals surface area contributed by atoms with Crippen LogP contribution in [0.3, 0.4) is 0 Å². The molecule has 98 valence electrons. The summed E-state index contributed by atoms with van der Waals surface area (Å²) in [5, 5.41) is 8.71. The minimum atomic E-state index is -0.850. The van der Waals surface area contributed by atoms with Gasteiger partial charge in [-0.15, -0.1) is 0 Å². The smallest absolute Gasteiger partial charge is 0.303 e. The monoisotopic (exact) mass is 242 g/mol. The maximum absolute atomic E-state index is 12.1. The summed E-state index contributed by atoms with van der Waals surface area (Å²) in [4.78, 5) is 26.5. The van der Waals surface area contributed by atoms with Gasteiger partial charge in [-0.2, -0.15) is 0 Å². The summed E-state index contributed by atoms with van der Waals surface area (Å²) in [5.74, 6) is -0.823. The van der Waals surface area contributed by atoms with Crippen LogP contribution in [-0.4, -0.2) is 60.0 Å². The van der Waals surface area contributed by atoms with Crippen LogP contribution in [0, 0.1) is 5.41 Å². The minimum Gasteiger partial charge on any atom is -0.481 e. The Morgan fingerprint density at radius 2 is 2.00 bits per heavy atom. The Morgan fingerprint density at radius 1 is 1.41 bits per heavy atom. The number of carbonyl (C=O) groups is 2. The fourth-order valence-corrected chi connectivity index (χ4v) is 2.60. The Morgan fingerprint density at radius 3 is 2.53 bits per heavy atom. The molecular weight excluding hydrogens is 220 g/mol. The number of aliphatic carboxylic acids is 1. The number of rotatable bonds is 3. The van der Waals surface area contributed by atoms with Gasteiger partial charge in [0.2, 0.25) is 5.91 Å². The molecule has 0 spiro atoms. The molecule has 5 nitrogen and oxygen atoms in total. The van der Waals surface area contributed by atoms with Gasteiger partial charge in [-0.1, -0.05) is 13.8 Å². The van der Waals surface area contributed by atoms with Gasteiger partial charge in [0, 0.05) is 26.6 Å². The van der Waals surface area contributed by atoms with E-state index in [0.29, 0.717) is 13.0 Å². The Hall–Kier alpha value is -1.10. The first-order valence-electron chi connectivity index (χ1n) is 5.90. The van der Waals surface area contributed by atoms with Crippen LogP contribution < -0.4 is 0 Å². The van der Waals surface area contributed by atoms with Gasteiger partial charge in [-0.25, -0.2) is 0 Å². The van der Waals surface area contributed by atoms with E-state index >= 15 is 0 Å². The summed E-state index contributed by atoms with van der Waals surface area (Å²) < 4.78 is 0. The second-order valence-corrected chi connectivity index (χ2v) is 5.72. The van der Waals surface area contributed by atoms with Crippen LogP contribution in [0.1, 0.15) is 26.7 Å². The number of hydrogen-bond donors (Lipinski definition) is 1. The van der Waals surface area contributed by atoms with Crippen molar-refractivity contribution >= 4 is 11.9 Å². The molecule has 1 amide bonds. The highest BCUT2D eigenvalue weighted by molar-refractivity contribution is 5.82. The van der Waals surface area contributed by atoms with Gasteiger partial charge in [0.25, 0.3) is 0 Å². The molecule has 0 aromatic heterocycles. The minimum absolute atomic E-state index is 0.0272. The second-order valence-electron chi connectivity index (χ2n) is 5.72. The third kappa shape index (κ3) is 3.70. The molecule has 0 aromatic rings. The number of nitrogens with zero attached hydrogens (tertiary/aromatic N) is 2. The van der Waals surface area contributed by atoms with Crippen molar-refractivity contribution in [2.75, 3.05) is 27.2 Å². The summed E-state index contributed by atoms with van der Waals surface area (Å²) >= 11 is 0. The largest absolute Gasteiger partial charge is 0.481 e. The highest BCUT2D eigenvalue weighted by atomic mass is 16.4. The fraction of sp³-hybridized carbons (Fsp3) is 0.833. The first-order chi connectivity index (χ1) is 7.73. The zero-order chi connectivity index (χ0) is 13.2. The quantitative estimate of drug-likeness (QED) is 0.789. The normalized spacial score (nSPS) is 25.8. The van der Waals surface area contributed by atoms with Crippen molar-refractivity contribution in [3.8, 4) is 0 Å². The zero-order valence-electron chi connectivity index (χ0n) is 11.1. The van der Waals surface area contributed by atoms with Gasteiger partial charge in [0.05, 0.1) is 6.04 Å². The average molecular weight is 242 g/mol. The summed E-state index contributed by atoms with van der Waals surface area (Å²) in [6, 6.07) is -0.308. The summed E-state index contributed by atoms with van der Waals surface area (Å²) in [6.07, 6.45) is 0.417. The van der Waals surface area contributed by atoms with Crippen LogP contribution in [0.5, 0.6) is 0 Å². The van der Waals surface area contributed by atoms with E-state index < -0.39 is 5.97 Å². The van der Waals surface area contributed by atoms with Crippen molar-refractivity contribution < 1.29 is 14.7 Å². The van der Waals surface area contributed by atoms with E-state index in [4.69, 9.17) is 5.11 Å². The molecule has 1 atom stereocenters. The lowest BCUT2D eigenvalue weighted by atomic mass is 9.93. The number of hydrogen-bond acceptors (Lipinski definition) is 3. The highest BCUT2D eigenvalue weighted by Crippen LogP contribution is 2.24. The molecule has 1 aliphatic rings. The van der Waals surface area contributed by atoms with Gasteiger partial charge in [0.1, 0.15) is 0 Å². The molecule has 0 radical (unpaired) electrons. The Kier molecular flexibility index (Phi) is 4.14. The van der Waals surface area contributed by atoms with Crippen LogP contribution >= 0.6 is 0 Å². The number of carboxylic acids is 1. The predicted molar refractivity (Wildman–Crippen MR) is 64.7 cm³/mol. The average Bonchev–Trinajstić information content (AvgIpc) is 2.20. The molecule has 1 heterocycles. The maximum atomic E-state index is 12.1. The van der Waals surface area contributed by atoms with Crippen molar-refractivity contribution in [2.24, 2.45) is 5.41 Å². The van der Waals surface area contributed by atoms with Gasteiger partial charge >= 0.3 is 5.97 Å². The van der Waals surface area contributed by atoms with Gasteiger partial charge in [0.15, 0.2) is 0 Å². The van der Waals surface area contributed by atoms with Gasteiger partial charge in [-0.3, -0.25) is 14.5 Å². The van der Waals surface area contributed by atoms with Gasteiger partial charge < -0.3 is 10.0 Å². The molecule has 0 saturated carbocycles. The van der Waals surface area contributed by atoms with E-state index in [-0.39, 0.29) is 23.8 Å². The lowest BCUT2D eigenvalue weighted by Gasteiger charge is -2.29. The molecule has 1 unspecified atom stereocenters. The Balaban J connectivity index is 2.80.